The number of anilines is 1. The van der Waals surface area contributed by atoms with Crippen LogP contribution in [0.5, 0.6) is 0 Å². The lowest BCUT2D eigenvalue weighted by atomic mass is 10.2. The smallest absolute Gasteiger partial charge is 0.431 e. The fourth-order valence-corrected chi connectivity index (χ4v) is 4.91. The normalized spacial score (nSPS) is 15.6. The highest BCUT2D eigenvalue weighted by Gasteiger charge is 2.27. The molecule has 1 aromatic carbocycles. The predicted octanol–water partition coefficient (Wildman–Crippen LogP) is 3.46. The molecule has 1 saturated carbocycles. The Bertz CT molecular complexity index is 1300. The molecule has 2 aromatic heterocycles. The maximum atomic E-state index is 13.3. The van der Waals surface area contributed by atoms with Crippen molar-refractivity contribution in [2.75, 3.05) is 25.5 Å². The molecule has 37 heavy (non-hydrogen) atoms. The summed E-state index contributed by atoms with van der Waals surface area (Å²) in [5, 5.41) is 0. The maximum absolute atomic E-state index is 13.3. The number of nitrogens with two attached hydrogens (primary N) is 1. The Labute approximate surface area is 212 Å². The molecule has 0 saturated heterocycles. The first-order chi connectivity index (χ1) is 17.8. The molecule has 200 valence electrons. The number of nitrogens with one attached hydrogen (secondary N) is 1. The van der Waals surface area contributed by atoms with E-state index in [1.807, 2.05) is 31.2 Å². The summed E-state index contributed by atoms with van der Waals surface area (Å²) in [5.41, 5.74) is 7.47. The van der Waals surface area contributed by atoms with Gasteiger partial charge in [-0.3, -0.25) is 18.9 Å². The molecule has 1 unspecified atom stereocenters. The van der Waals surface area contributed by atoms with Crippen LogP contribution in [0.25, 0.3) is 11.2 Å². The van der Waals surface area contributed by atoms with Crippen LogP contribution in [-0.4, -0.2) is 51.5 Å². The van der Waals surface area contributed by atoms with Crippen molar-refractivity contribution in [2.24, 2.45) is 0 Å². The molecule has 0 aliphatic heterocycles. The first-order valence-corrected chi connectivity index (χ1v) is 13.6. The fraction of sp³-hybridized carbons (Fsp3) is 0.478. The Kier molecular flexibility index (Phi) is 8.93. The molecule has 0 radical (unpaired) electrons. The summed E-state index contributed by atoms with van der Waals surface area (Å²) in [4.78, 5) is 34.3. The third kappa shape index (κ3) is 7.62. The van der Waals surface area contributed by atoms with E-state index >= 15 is 0 Å². The monoisotopic (exact) mass is 535 g/mol. The van der Waals surface area contributed by atoms with Crippen LogP contribution in [0, 0.1) is 6.92 Å². The first-order valence-electron chi connectivity index (χ1n) is 11.9. The van der Waals surface area contributed by atoms with E-state index in [2.05, 4.69) is 15.0 Å². The Balaban J connectivity index is 1.32. The number of nitrogens with zero attached hydrogens (tertiary/aromatic N) is 3. The number of hydrogen-bond acceptors (Lipinski definition) is 11. The fourth-order valence-electron chi connectivity index (χ4n) is 3.77. The van der Waals surface area contributed by atoms with E-state index in [1.165, 1.54) is 6.33 Å². The van der Waals surface area contributed by atoms with Gasteiger partial charge >= 0.3 is 13.8 Å². The number of aromatic amines is 1. The van der Waals surface area contributed by atoms with Gasteiger partial charge in [-0.05, 0) is 38.2 Å². The summed E-state index contributed by atoms with van der Waals surface area (Å²) in [7, 11) is -3.83. The quantitative estimate of drug-likeness (QED) is 0.151. The molecule has 14 heteroatoms. The van der Waals surface area contributed by atoms with Crippen molar-refractivity contribution >= 4 is 30.9 Å². The molecule has 3 aromatic rings. The maximum Gasteiger partial charge on any atom is 0.510 e. The molecule has 3 N–H and O–H groups in total. The second-order valence-corrected chi connectivity index (χ2v) is 10.6. The van der Waals surface area contributed by atoms with Crippen molar-refractivity contribution in [3.05, 3.63) is 52.1 Å². The number of H-pyrrole nitrogens is 1. The van der Waals surface area contributed by atoms with Crippen LogP contribution < -0.4 is 11.3 Å². The van der Waals surface area contributed by atoms with Gasteiger partial charge in [-0.15, -0.1) is 0 Å². The van der Waals surface area contributed by atoms with Crippen molar-refractivity contribution in [2.45, 2.75) is 51.9 Å². The number of aryl methyl sites for hydroxylation is 1. The lowest BCUT2D eigenvalue weighted by molar-refractivity contribution is -0.0211. The second kappa shape index (κ2) is 12.3. The molecule has 13 nitrogen and oxygen atoms in total. The van der Waals surface area contributed by atoms with Gasteiger partial charge in [0.1, 0.15) is 12.5 Å². The number of carbonyl (C=O) groups excluding carboxylic acids is 1. The molecular weight excluding hydrogens is 505 g/mol. The number of aromatic nitrogens is 4. The minimum Gasteiger partial charge on any atom is -0.431 e. The predicted molar refractivity (Wildman–Crippen MR) is 133 cm³/mol. The summed E-state index contributed by atoms with van der Waals surface area (Å²) in [5.74, 6) is -0.0333. The van der Waals surface area contributed by atoms with E-state index in [9.17, 15) is 14.2 Å². The van der Waals surface area contributed by atoms with Gasteiger partial charge in [-0.25, -0.2) is 9.78 Å². The number of carbonyl (C=O) groups is 1. The Morgan fingerprint density at radius 1 is 1.22 bits per heavy atom. The average molecular weight is 535 g/mol. The Hall–Kier alpha value is -3.25. The molecule has 1 fully saturated rings. The largest absolute Gasteiger partial charge is 0.510 e. The van der Waals surface area contributed by atoms with Gasteiger partial charge in [0, 0.05) is 6.54 Å². The highest BCUT2D eigenvalue weighted by atomic mass is 31.2. The molecule has 2 heterocycles. The number of hydrogen-bond donors (Lipinski definition) is 2. The molecule has 1 aliphatic carbocycles. The van der Waals surface area contributed by atoms with E-state index in [4.69, 9.17) is 29.0 Å². The topological polar surface area (TPSA) is 170 Å². The van der Waals surface area contributed by atoms with Crippen LogP contribution in [0.2, 0.25) is 0 Å². The minimum absolute atomic E-state index is 0.00553. The summed E-state index contributed by atoms with van der Waals surface area (Å²) in [6.07, 6.45) is 3.58. The van der Waals surface area contributed by atoms with Gasteiger partial charge in [0.05, 0.1) is 19.5 Å². The van der Waals surface area contributed by atoms with E-state index in [1.54, 1.807) is 4.57 Å². The number of rotatable bonds is 12. The van der Waals surface area contributed by atoms with Crippen LogP contribution >= 0.6 is 7.60 Å². The zero-order valence-corrected chi connectivity index (χ0v) is 21.4. The van der Waals surface area contributed by atoms with Crippen LogP contribution in [0.1, 0.15) is 36.8 Å². The Morgan fingerprint density at radius 2 is 1.97 bits per heavy atom. The van der Waals surface area contributed by atoms with Gasteiger partial charge in [0.2, 0.25) is 12.7 Å². The molecule has 1 aliphatic rings. The number of benzene rings is 1. The van der Waals surface area contributed by atoms with Gasteiger partial charge in [0.25, 0.3) is 5.56 Å². The molecule has 4 rings (SSSR count). The lowest BCUT2D eigenvalue weighted by Gasteiger charge is -2.19. The molecule has 0 spiro atoms. The number of imidazole rings is 1. The zero-order valence-electron chi connectivity index (χ0n) is 20.5. The highest BCUT2D eigenvalue weighted by Crippen LogP contribution is 2.49. The minimum atomic E-state index is -3.83. The van der Waals surface area contributed by atoms with Gasteiger partial charge < -0.3 is 29.0 Å². The highest BCUT2D eigenvalue weighted by molar-refractivity contribution is 7.53. The lowest BCUT2D eigenvalue weighted by Crippen LogP contribution is -2.17. The summed E-state index contributed by atoms with van der Waals surface area (Å²) in [6, 6.07) is 7.51. The van der Waals surface area contributed by atoms with Crippen molar-refractivity contribution < 1.29 is 32.6 Å². The number of fused-ring (bicyclic) bond motifs is 1. The summed E-state index contributed by atoms with van der Waals surface area (Å²) < 4.78 is 41.6. The van der Waals surface area contributed by atoms with Gasteiger partial charge in [-0.1, -0.05) is 29.8 Å². The summed E-state index contributed by atoms with van der Waals surface area (Å²) in [6.45, 7) is 1.67. The third-order valence-electron chi connectivity index (χ3n) is 5.76. The van der Waals surface area contributed by atoms with Crippen molar-refractivity contribution in [3.8, 4) is 0 Å². The molecule has 0 amide bonds. The van der Waals surface area contributed by atoms with Crippen molar-refractivity contribution in [1.29, 1.82) is 0 Å². The van der Waals surface area contributed by atoms with E-state index in [0.29, 0.717) is 5.65 Å². The second-order valence-electron chi connectivity index (χ2n) is 8.63. The van der Waals surface area contributed by atoms with Crippen molar-refractivity contribution in [3.63, 3.8) is 0 Å². The van der Waals surface area contributed by atoms with Crippen LogP contribution in [-0.2, 0) is 41.0 Å². The first kappa shape index (κ1) is 26.8. The van der Waals surface area contributed by atoms with Crippen LogP contribution in [0.4, 0.5) is 10.7 Å². The van der Waals surface area contributed by atoms with Gasteiger partial charge in [-0.2, -0.15) is 4.98 Å². The van der Waals surface area contributed by atoms with Crippen LogP contribution in [0.15, 0.2) is 35.4 Å². The summed E-state index contributed by atoms with van der Waals surface area (Å²) >= 11 is 0. The van der Waals surface area contributed by atoms with E-state index < -0.39 is 32.5 Å². The average Bonchev–Trinajstić information content (AvgIpc) is 3.52. The Morgan fingerprint density at radius 3 is 2.73 bits per heavy atom. The zero-order chi connectivity index (χ0) is 26.3. The van der Waals surface area contributed by atoms with Crippen molar-refractivity contribution in [1.82, 2.24) is 19.5 Å². The number of nitrogen functional groups attached to an aromatic ring is 1. The van der Waals surface area contributed by atoms with Crippen LogP contribution in [0.3, 0.4) is 0 Å². The molecule has 0 bridgehead atoms. The molecular formula is C23H30N5O8P. The standard InChI is InChI=1S/C23H30N5O8P/c1-16-6-8-17(9-7-16)12-34-37(31,35-14-33-23(30)36-18-4-2-3-5-18)15-32-11-10-28-13-25-19-20(28)26-22(24)27-21(19)29/h6-9,13,18H,2-5,10-12,14-15H2,1H3,(H3,24,26,27,29). The van der Waals surface area contributed by atoms with E-state index in [0.717, 1.165) is 36.8 Å². The molecule has 1 atom stereocenters. The van der Waals surface area contributed by atoms with Gasteiger partial charge in [0.15, 0.2) is 11.2 Å². The SMILES string of the molecule is Cc1ccc(COP(=O)(COCCn2cnc3c(=O)[nH]c(N)nc32)OCOC(=O)OC2CCCC2)cc1. The van der Waals surface area contributed by atoms with E-state index in [-0.39, 0.29) is 37.3 Å². The third-order valence-corrected chi connectivity index (χ3v) is 7.28. The number of ether oxygens (including phenoxy) is 3.